The summed E-state index contributed by atoms with van der Waals surface area (Å²) in [6.07, 6.45) is 11.5. The third-order valence-electron chi connectivity index (χ3n) is 4.65. The van der Waals surface area contributed by atoms with Crippen LogP contribution in [0.3, 0.4) is 0 Å². The molecule has 0 spiro atoms. The van der Waals surface area contributed by atoms with Gasteiger partial charge in [-0.3, -0.25) is 11.7 Å². The maximum atomic E-state index is 4.00. The number of hydrogen-bond donors (Lipinski definition) is 2. The van der Waals surface area contributed by atoms with E-state index in [4.69, 9.17) is 0 Å². The van der Waals surface area contributed by atoms with E-state index in [0.29, 0.717) is 11.8 Å². The molecule has 4 N–H and O–H groups in total. The van der Waals surface area contributed by atoms with Crippen LogP contribution in [0.1, 0.15) is 41.0 Å². The molecule has 0 fully saturated rings. The second kappa shape index (κ2) is 6.78. The van der Waals surface area contributed by atoms with Crippen LogP contribution in [-0.2, 0) is 0 Å². The van der Waals surface area contributed by atoms with Gasteiger partial charge < -0.3 is 0 Å². The third-order valence-corrected chi connectivity index (χ3v) is 4.65. The summed E-state index contributed by atoms with van der Waals surface area (Å²) in [5.41, 5.74) is 7.07. The van der Waals surface area contributed by atoms with E-state index >= 15 is 0 Å². The van der Waals surface area contributed by atoms with E-state index in [1.54, 1.807) is 0 Å². The van der Waals surface area contributed by atoms with E-state index in [9.17, 15) is 0 Å². The lowest BCUT2D eigenvalue weighted by Gasteiger charge is -2.22. The highest BCUT2D eigenvalue weighted by Gasteiger charge is 2.28. The first-order valence-electron chi connectivity index (χ1n) is 7.92. The summed E-state index contributed by atoms with van der Waals surface area (Å²) in [6, 6.07) is 17.4. The van der Waals surface area contributed by atoms with Gasteiger partial charge in [0.2, 0.25) is 0 Å². The van der Waals surface area contributed by atoms with E-state index in [-0.39, 0.29) is 0 Å². The highest BCUT2D eigenvalue weighted by Crippen LogP contribution is 2.45. The van der Waals surface area contributed by atoms with Gasteiger partial charge in [-0.25, -0.2) is 0 Å². The number of nitrogens with two attached hydrogens (primary N) is 2. The Kier molecular flexibility index (Phi) is 4.56. The highest BCUT2D eigenvalue weighted by molar-refractivity contribution is 5.69. The van der Waals surface area contributed by atoms with Gasteiger partial charge in [0, 0.05) is 11.8 Å². The Morgan fingerprint density at radius 2 is 1.22 bits per heavy atom. The second-order valence-electron chi connectivity index (χ2n) is 5.72. The van der Waals surface area contributed by atoms with Crippen molar-refractivity contribution in [3.63, 3.8) is 0 Å². The molecule has 2 aliphatic carbocycles. The molecule has 2 aromatic carbocycles. The van der Waals surface area contributed by atoms with Gasteiger partial charge >= 0.3 is 0 Å². The summed E-state index contributed by atoms with van der Waals surface area (Å²) in [5, 5.41) is 0. The number of hydrazine groups is 1. The zero-order valence-corrected chi connectivity index (χ0v) is 13.3. The zero-order chi connectivity index (χ0) is 16.2. The van der Waals surface area contributed by atoms with Crippen LogP contribution in [-0.4, -0.2) is 0 Å². The first-order chi connectivity index (χ1) is 11.4. The SMILES string of the molecule is CC=C(C1C=Cc2ccccc21)C1C=Cc2ccccc21.NN. The molecule has 2 heteroatoms. The molecule has 0 heterocycles. The fourth-order valence-electron chi connectivity index (χ4n) is 3.63. The van der Waals surface area contributed by atoms with Crippen molar-refractivity contribution in [1.29, 1.82) is 0 Å². The van der Waals surface area contributed by atoms with Crippen LogP contribution in [0.4, 0.5) is 0 Å². The van der Waals surface area contributed by atoms with Crippen molar-refractivity contribution in [2.24, 2.45) is 11.7 Å². The summed E-state index contributed by atoms with van der Waals surface area (Å²) in [6.45, 7) is 2.17. The fraction of sp³-hybridized carbons (Fsp3) is 0.143. The Balaban J connectivity index is 0.000000753. The average molecular weight is 302 g/mol. The summed E-state index contributed by atoms with van der Waals surface area (Å²) >= 11 is 0. The Bertz CT molecular complexity index is 720. The molecule has 0 radical (unpaired) electrons. The first kappa shape index (κ1) is 15.5. The number of fused-ring (bicyclic) bond motifs is 2. The van der Waals surface area contributed by atoms with Gasteiger partial charge in [0.1, 0.15) is 0 Å². The topological polar surface area (TPSA) is 52.0 Å². The molecule has 2 aliphatic rings. The standard InChI is InChI=1S/C21H18.H4N2/c1-2-17(20-13-11-15-7-3-5-9-18(15)20)21-14-12-16-8-4-6-10-19(16)21;1-2/h2-14,20-21H,1H3;1-2H2. The minimum Gasteiger partial charge on any atom is -0.274 e. The molecule has 2 aromatic rings. The van der Waals surface area contributed by atoms with E-state index in [1.807, 2.05) is 0 Å². The van der Waals surface area contributed by atoms with Crippen molar-refractivity contribution >= 4 is 12.2 Å². The molecule has 0 saturated carbocycles. The molecule has 2 atom stereocenters. The highest BCUT2D eigenvalue weighted by atomic mass is 15.0. The molecule has 0 amide bonds. The lowest BCUT2D eigenvalue weighted by Crippen LogP contribution is -2.06. The van der Waals surface area contributed by atoms with Crippen LogP contribution >= 0.6 is 0 Å². The Morgan fingerprint density at radius 1 is 0.783 bits per heavy atom. The molecule has 0 saturated heterocycles. The average Bonchev–Trinajstić information content (AvgIpc) is 3.23. The van der Waals surface area contributed by atoms with Gasteiger partial charge in [-0.1, -0.05) is 84.5 Å². The Morgan fingerprint density at radius 3 is 1.65 bits per heavy atom. The Hall–Kier alpha value is -2.42. The second-order valence-corrected chi connectivity index (χ2v) is 5.72. The predicted octanol–water partition coefficient (Wildman–Crippen LogP) is 4.37. The van der Waals surface area contributed by atoms with E-state index < -0.39 is 0 Å². The molecule has 23 heavy (non-hydrogen) atoms. The van der Waals surface area contributed by atoms with Crippen LogP contribution in [0.25, 0.3) is 12.2 Å². The molecular weight excluding hydrogens is 280 g/mol. The van der Waals surface area contributed by atoms with Crippen LogP contribution in [0.2, 0.25) is 0 Å². The summed E-state index contributed by atoms with van der Waals surface area (Å²) in [5.74, 6) is 8.82. The van der Waals surface area contributed by atoms with Gasteiger partial charge in [0.15, 0.2) is 0 Å². The van der Waals surface area contributed by atoms with Crippen molar-refractivity contribution in [2.45, 2.75) is 18.8 Å². The number of rotatable bonds is 2. The molecule has 116 valence electrons. The Labute approximate surface area is 137 Å². The summed E-state index contributed by atoms with van der Waals surface area (Å²) in [4.78, 5) is 0. The quantitative estimate of drug-likeness (QED) is 0.491. The van der Waals surface area contributed by atoms with Crippen LogP contribution in [0, 0.1) is 0 Å². The molecule has 0 bridgehead atoms. The van der Waals surface area contributed by atoms with E-state index in [0.717, 1.165) is 0 Å². The fourth-order valence-corrected chi connectivity index (χ4v) is 3.63. The van der Waals surface area contributed by atoms with Crippen molar-refractivity contribution in [1.82, 2.24) is 0 Å². The van der Waals surface area contributed by atoms with Gasteiger partial charge in [0.05, 0.1) is 0 Å². The van der Waals surface area contributed by atoms with Crippen molar-refractivity contribution in [3.05, 3.63) is 94.6 Å². The van der Waals surface area contributed by atoms with Crippen LogP contribution in [0.15, 0.2) is 72.3 Å². The van der Waals surface area contributed by atoms with Crippen LogP contribution in [0.5, 0.6) is 0 Å². The normalized spacial score (nSPS) is 19.6. The number of benzene rings is 2. The molecule has 2 nitrogen and oxygen atoms in total. The maximum absolute atomic E-state index is 4.00. The van der Waals surface area contributed by atoms with Gasteiger partial charge in [0.25, 0.3) is 0 Å². The minimum absolute atomic E-state index is 0.409. The smallest absolute Gasteiger partial charge is 0.0246 e. The lowest BCUT2D eigenvalue weighted by molar-refractivity contribution is 0.874. The molecule has 2 unspecified atom stereocenters. The van der Waals surface area contributed by atoms with Crippen LogP contribution < -0.4 is 11.7 Å². The summed E-state index contributed by atoms with van der Waals surface area (Å²) < 4.78 is 0. The number of hydrogen-bond acceptors (Lipinski definition) is 2. The van der Waals surface area contributed by atoms with Gasteiger partial charge in [-0.2, -0.15) is 0 Å². The van der Waals surface area contributed by atoms with E-state index in [1.165, 1.54) is 27.8 Å². The zero-order valence-electron chi connectivity index (χ0n) is 13.3. The summed E-state index contributed by atoms with van der Waals surface area (Å²) in [7, 11) is 0. The minimum atomic E-state index is 0.409. The maximum Gasteiger partial charge on any atom is 0.0246 e. The molecule has 0 aliphatic heterocycles. The first-order valence-corrected chi connectivity index (χ1v) is 7.92. The van der Waals surface area contributed by atoms with Crippen molar-refractivity contribution in [2.75, 3.05) is 0 Å². The lowest BCUT2D eigenvalue weighted by atomic mass is 9.82. The van der Waals surface area contributed by atoms with E-state index in [2.05, 4.69) is 97.5 Å². The van der Waals surface area contributed by atoms with Crippen molar-refractivity contribution < 1.29 is 0 Å². The van der Waals surface area contributed by atoms with Gasteiger partial charge in [-0.05, 0) is 29.2 Å². The van der Waals surface area contributed by atoms with Gasteiger partial charge in [-0.15, -0.1) is 0 Å². The third kappa shape index (κ3) is 2.67. The molecule has 0 aromatic heterocycles. The largest absolute Gasteiger partial charge is 0.274 e. The number of allylic oxidation sites excluding steroid dienone is 4. The monoisotopic (exact) mass is 302 g/mol. The molecule has 4 rings (SSSR count). The van der Waals surface area contributed by atoms with Crippen molar-refractivity contribution in [3.8, 4) is 0 Å². The predicted molar refractivity (Wildman–Crippen MR) is 98.6 cm³/mol. The molecular formula is C21H22N2.